The minimum atomic E-state index is -0.343. The number of carbonyl (C=O) groups excluding carboxylic acids is 3. The molecule has 1 fully saturated rings. The standard InChI is InChI=1S/C14H17N3O3/c1-9(14(20)16-15)11-4-2-10(3-5-11)8-17-12(18)6-7-13(17)19/h2-5,9H,6-8,15H2,1H3,(H,16,20). The van der Waals surface area contributed by atoms with E-state index in [0.29, 0.717) is 12.8 Å². The molecule has 1 heterocycles. The predicted octanol–water partition coefficient (Wildman–Crippen LogP) is 0.429. The molecule has 1 atom stereocenters. The number of benzene rings is 1. The van der Waals surface area contributed by atoms with Gasteiger partial charge in [0, 0.05) is 12.8 Å². The van der Waals surface area contributed by atoms with Gasteiger partial charge in [0.15, 0.2) is 0 Å². The molecule has 0 saturated carbocycles. The second-order valence-electron chi connectivity index (χ2n) is 4.85. The lowest BCUT2D eigenvalue weighted by atomic mass is 9.99. The van der Waals surface area contributed by atoms with Gasteiger partial charge in [0.25, 0.3) is 0 Å². The van der Waals surface area contributed by atoms with Crippen LogP contribution in [0.15, 0.2) is 24.3 Å². The average molecular weight is 275 g/mol. The van der Waals surface area contributed by atoms with E-state index in [4.69, 9.17) is 5.84 Å². The Labute approximate surface area is 116 Å². The highest BCUT2D eigenvalue weighted by atomic mass is 16.2. The van der Waals surface area contributed by atoms with Gasteiger partial charge in [-0.15, -0.1) is 0 Å². The topological polar surface area (TPSA) is 92.5 Å². The van der Waals surface area contributed by atoms with E-state index in [2.05, 4.69) is 5.43 Å². The van der Waals surface area contributed by atoms with Crippen molar-refractivity contribution in [2.75, 3.05) is 0 Å². The molecule has 1 aliphatic rings. The number of rotatable bonds is 4. The zero-order valence-electron chi connectivity index (χ0n) is 11.3. The van der Waals surface area contributed by atoms with Crippen molar-refractivity contribution in [1.82, 2.24) is 10.3 Å². The van der Waals surface area contributed by atoms with E-state index in [-0.39, 0.29) is 30.2 Å². The van der Waals surface area contributed by atoms with E-state index in [1.165, 1.54) is 4.90 Å². The number of nitrogens with one attached hydrogen (secondary N) is 1. The van der Waals surface area contributed by atoms with Crippen molar-refractivity contribution in [2.24, 2.45) is 5.84 Å². The summed E-state index contributed by atoms with van der Waals surface area (Å²) in [4.78, 5) is 35.8. The summed E-state index contributed by atoms with van der Waals surface area (Å²) < 4.78 is 0. The van der Waals surface area contributed by atoms with Crippen molar-refractivity contribution in [3.05, 3.63) is 35.4 Å². The van der Waals surface area contributed by atoms with Crippen molar-refractivity contribution in [3.8, 4) is 0 Å². The Morgan fingerprint density at radius 1 is 1.25 bits per heavy atom. The summed E-state index contributed by atoms with van der Waals surface area (Å²) in [5.41, 5.74) is 3.80. The fourth-order valence-corrected chi connectivity index (χ4v) is 2.17. The van der Waals surface area contributed by atoms with Gasteiger partial charge in [0.1, 0.15) is 0 Å². The van der Waals surface area contributed by atoms with Crippen molar-refractivity contribution in [1.29, 1.82) is 0 Å². The molecule has 3 N–H and O–H groups in total. The maximum absolute atomic E-state index is 11.5. The Bertz CT molecular complexity index is 523. The Morgan fingerprint density at radius 3 is 2.30 bits per heavy atom. The quantitative estimate of drug-likeness (QED) is 0.361. The van der Waals surface area contributed by atoms with Gasteiger partial charge in [0.2, 0.25) is 17.7 Å². The number of carbonyl (C=O) groups is 3. The molecule has 3 amide bonds. The number of hydrogen-bond acceptors (Lipinski definition) is 4. The molecule has 1 saturated heterocycles. The van der Waals surface area contributed by atoms with Crippen molar-refractivity contribution >= 4 is 17.7 Å². The Hall–Kier alpha value is -2.21. The largest absolute Gasteiger partial charge is 0.294 e. The molecule has 20 heavy (non-hydrogen) atoms. The molecular formula is C14H17N3O3. The molecule has 6 heteroatoms. The maximum atomic E-state index is 11.5. The Kier molecular flexibility index (Phi) is 4.14. The summed E-state index contributed by atoms with van der Waals surface area (Å²) >= 11 is 0. The first-order chi connectivity index (χ1) is 9.52. The first kappa shape index (κ1) is 14.2. The number of nitrogens with two attached hydrogens (primary N) is 1. The molecule has 0 spiro atoms. The third kappa shape index (κ3) is 2.85. The summed E-state index contributed by atoms with van der Waals surface area (Å²) in [5.74, 6) is 4.23. The highest BCUT2D eigenvalue weighted by molar-refractivity contribution is 6.01. The summed E-state index contributed by atoms with van der Waals surface area (Å²) in [5, 5.41) is 0. The van der Waals surface area contributed by atoms with Gasteiger partial charge in [-0.2, -0.15) is 0 Å². The van der Waals surface area contributed by atoms with Crippen LogP contribution in [-0.4, -0.2) is 22.6 Å². The first-order valence-electron chi connectivity index (χ1n) is 6.45. The fraction of sp³-hybridized carbons (Fsp3) is 0.357. The number of amides is 3. The summed E-state index contributed by atoms with van der Waals surface area (Å²) in [6.07, 6.45) is 0.593. The van der Waals surface area contributed by atoms with Crippen molar-refractivity contribution in [3.63, 3.8) is 0 Å². The number of hydrogen-bond donors (Lipinski definition) is 2. The summed E-state index contributed by atoms with van der Waals surface area (Å²) in [6, 6.07) is 7.24. The van der Waals surface area contributed by atoms with Crippen molar-refractivity contribution in [2.45, 2.75) is 32.2 Å². The van der Waals surface area contributed by atoms with Crippen LogP contribution in [-0.2, 0) is 20.9 Å². The Morgan fingerprint density at radius 2 is 1.80 bits per heavy atom. The van der Waals surface area contributed by atoms with Gasteiger partial charge < -0.3 is 0 Å². The van der Waals surface area contributed by atoms with Gasteiger partial charge in [-0.25, -0.2) is 5.84 Å². The van der Waals surface area contributed by atoms with E-state index in [1.807, 2.05) is 12.1 Å². The first-order valence-corrected chi connectivity index (χ1v) is 6.45. The van der Waals surface area contributed by atoms with Gasteiger partial charge >= 0.3 is 0 Å². The second kappa shape index (κ2) is 5.83. The maximum Gasteiger partial charge on any atom is 0.241 e. The van der Waals surface area contributed by atoms with Crippen LogP contribution in [0, 0.1) is 0 Å². The van der Waals surface area contributed by atoms with E-state index < -0.39 is 0 Å². The van der Waals surface area contributed by atoms with Crippen LogP contribution in [0.5, 0.6) is 0 Å². The lowest BCUT2D eigenvalue weighted by Gasteiger charge is -2.15. The highest BCUT2D eigenvalue weighted by Crippen LogP contribution is 2.19. The second-order valence-corrected chi connectivity index (χ2v) is 4.85. The molecule has 1 aromatic rings. The number of nitrogens with zero attached hydrogens (tertiary/aromatic N) is 1. The lowest BCUT2D eigenvalue weighted by Crippen LogP contribution is -2.33. The molecule has 0 aromatic heterocycles. The normalized spacial score (nSPS) is 16.4. The number of imide groups is 1. The third-order valence-electron chi connectivity index (χ3n) is 3.51. The molecular weight excluding hydrogens is 258 g/mol. The zero-order chi connectivity index (χ0) is 14.7. The van der Waals surface area contributed by atoms with E-state index in [9.17, 15) is 14.4 Å². The van der Waals surface area contributed by atoms with Crippen LogP contribution >= 0.6 is 0 Å². The molecule has 2 rings (SSSR count). The van der Waals surface area contributed by atoms with Crippen LogP contribution in [0.1, 0.15) is 36.8 Å². The molecule has 1 unspecified atom stereocenters. The van der Waals surface area contributed by atoms with Gasteiger partial charge in [-0.1, -0.05) is 24.3 Å². The van der Waals surface area contributed by atoms with Crippen LogP contribution < -0.4 is 11.3 Å². The third-order valence-corrected chi connectivity index (χ3v) is 3.51. The Balaban J connectivity index is 2.07. The van der Waals surface area contributed by atoms with E-state index in [0.717, 1.165) is 11.1 Å². The van der Waals surface area contributed by atoms with Crippen LogP contribution in [0.25, 0.3) is 0 Å². The molecule has 0 radical (unpaired) electrons. The van der Waals surface area contributed by atoms with Crippen LogP contribution in [0.4, 0.5) is 0 Å². The van der Waals surface area contributed by atoms with Gasteiger partial charge in [0.05, 0.1) is 12.5 Å². The van der Waals surface area contributed by atoms with Crippen LogP contribution in [0.2, 0.25) is 0 Å². The molecule has 6 nitrogen and oxygen atoms in total. The summed E-state index contributed by atoms with van der Waals surface area (Å²) in [7, 11) is 0. The smallest absolute Gasteiger partial charge is 0.241 e. The fourth-order valence-electron chi connectivity index (χ4n) is 2.17. The minimum absolute atomic E-state index is 0.130. The monoisotopic (exact) mass is 275 g/mol. The SMILES string of the molecule is CC(C(=O)NN)c1ccc(CN2C(=O)CCC2=O)cc1. The van der Waals surface area contributed by atoms with E-state index in [1.54, 1.807) is 19.1 Å². The number of likely N-dealkylation sites (tertiary alicyclic amines) is 1. The van der Waals surface area contributed by atoms with Gasteiger partial charge in [-0.05, 0) is 18.1 Å². The molecule has 1 aromatic carbocycles. The highest BCUT2D eigenvalue weighted by Gasteiger charge is 2.28. The molecule has 0 aliphatic carbocycles. The zero-order valence-corrected chi connectivity index (χ0v) is 11.3. The van der Waals surface area contributed by atoms with Crippen molar-refractivity contribution < 1.29 is 14.4 Å². The van der Waals surface area contributed by atoms with Gasteiger partial charge in [-0.3, -0.25) is 24.7 Å². The average Bonchev–Trinajstić information content (AvgIpc) is 2.78. The number of hydrazine groups is 1. The van der Waals surface area contributed by atoms with Crippen LogP contribution in [0.3, 0.4) is 0 Å². The molecule has 1 aliphatic heterocycles. The minimum Gasteiger partial charge on any atom is -0.294 e. The summed E-state index contributed by atoms with van der Waals surface area (Å²) in [6.45, 7) is 2.04. The predicted molar refractivity (Wildman–Crippen MR) is 72.0 cm³/mol. The molecule has 0 bridgehead atoms. The molecule has 106 valence electrons. The van der Waals surface area contributed by atoms with E-state index >= 15 is 0 Å². The lowest BCUT2D eigenvalue weighted by molar-refractivity contribution is -0.139.